The fourth-order valence-electron chi connectivity index (χ4n) is 7.63. The Balaban J connectivity index is 1.24. The summed E-state index contributed by atoms with van der Waals surface area (Å²) >= 11 is 5.98. The van der Waals surface area contributed by atoms with Gasteiger partial charge in [0.2, 0.25) is 0 Å². The Morgan fingerprint density at radius 1 is 0.746 bits per heavy atom. The number of para-hydroxylation sites is 3. The monoisotopic (exact) mass is 860 g/mol. The number of hydrogen-bond donors (Lipinski definition) is 4. The van der Waals surface area contributed by atoms with Crippen molar-refractivity contribution in [1.82, 2.24) is 14.5 Å². The fraction of sp³-hybridized carbons (Fsp3) is 0.104. The second kappa shape index (κ2) is 17.7. The first-order chi connectivity index (χ1) is 30.2. The zero-order valence-corrected chi connectivity index (χ0v) is 34.7. The Hall–Kier alpha value is -8.28. The fourth-order valence-corrected chi connectivity index (χ4v) is 7.76. The Bertz CT molecular complexity index is 3010. The van der Waals surface area contributed by atoms with E-state index in [9.17, 15) is 44.2 Å². The first-order valence-electron chi connectivity index (χ1n) is 19.4. The van der Waals surface area contributed by atoms with Crippen molar-refractivity contribution in [3.05, 3.63) is 176 Å². The van der Waals surface area contributed by atoms with Crippen LogP contribution in [0.15, 0.2) is 120 Å². The number of anilines is 2. The molecule has 0 bridgehead atoms. The number of halogens is 1. The van der Waals surface area contributed by atoms with Crippen molar-refractivity contribution in [3.63, 3.8) is 0 Å². The van der Waals surface area contributed by atoms with E-state index in [1.165, 1.54) is 24.3 Å². The van der Waals surface area contributed by atoms with Gasteiger partial charge < -0.3 is 24.7 Å². The first-order valence-corrected chi connectivity index (χ1v) is 19.8. The van der Waals surface area contributed by atoms with Crippen LogP contribution >= 0.6 is 11.6 Å². The van der Waals surface area contributed by atoms with Gasteiger partial charge in [-0.05, 0) is 129 Å². The van der Waals surface area contributed by atoms with Crippen molar-refractivity contribution in [2.45, 2.75) is 33.6 Å². The van der Waals surface area contributed by atoms with Gasteiger partial charge in [-0.1, -0.05) is 54.1 Å². The second-order valence-electron chi connectivity index (χ2n) is 14.5. The molecule has 1 fully saturated rings. The Morgan fingerprint density at radius 2 is 1.32 bits per heavy atom. The van der Waals surface area contributed by atoms with Gasteiger partial charge in [-0.3, -0.25) is 19.7 Å². The molecule has 0 saturated carbocycles. The third kappa shape index (κ3) is 8.54. The highest BCUT2D eigenvalue weighted by atomic mass is 35.5. The minimum atomic E-state index is -1.17. The van der Waals surface area contributed by atoms with Crippen molar-refractivity contribution < 1.29 is 39.0 Å². The summed E-state index contributed by atoms with van der Waals surface area (Å²) in [6.45, 7) is 5.23. The summed E-state index contributed by atoms with van der Waals surface area (Å²) in [5.41, 5.74) is 4.65. The highest BCUT2D eigenvalue weighted by Crippen LogP contribution is 2.32. The number of rotatable bonds is 12. The maximum absolute atomic E-state index is 14.3. The number of nitriles is 1. The number of aromatic nitrogens is 2. The van der Waals surface area contributed by atoms with Crippen LogP contribution in [0.4, 0.5) is 16.2 Å². The minimum Gasteiger partial charge on any atom is -0.478 e. The van der Waals surface area contributed by atoms with Crippen LogP contribution in [0, 0.1) is 32.1 Å². The van der Waals surface area contributed by atoms with Gasteiger partial charge in [0.1, 0.15) is 17.2 Å². The molecule has 7 rings (SSSR count). The Kier molecular flexibility index (Phi) is 12.1. The molecular formula is C48H37ClN6O8. The van der Waals surface area contributed by atoms with E-state index < -0.39 is 35.7 Å². The number of aromatic carboxylic acids is 2. The molecule has 1 saturated heterocycles. The maximum atomic E-state index is 14.3. The van der Waals surface area contributed by atoms with Crippen LogP contribution < -0.4 is 15.5 Å². The lowest BCUT2D eigenvalue weighted by Crippen LogP contribution is -2.54. The number of carbonyl (C=O) groups is 6. The maximum Gasteiger partial charge on any atom is 0.337 e. The van der Waals surface area contributed by atoms with Crippen LogP contribution in [0.5, 0.6) is 0 Å². The number of carbonyl (C=O) groups excluding carboxylic acids is 4. The molecule has 1 aliphatic rings. The number of nitrogens with one attached hydrogen (secondary N) is 2. The molecule has 0 aliphatic carbocycles. The van der Waals surface area contributed by atoms with Gasteiger partial charge in [0, 0.05) is 33.5 Å². The van der Waals surface area contributed by atoms with E-state index in [0.29, 0.717) is 61.6 Å². The second-order valence-corrected chi connectivity index (χ2v) is 15.0. The summed E-state index contributed by atoms with van der Waals surface area (Å²) in [4.78, 5) is 79.7. The minimum absolute atomic E-state index is 0.000745. The first kappa shape index (κ1) is 42.8. The van der Waals surface area contributed by atoms with Gasteiger partial charge in [-0.25, -0.2) is 19.3 Å². The molecule has 14 nitrogen and oxygen atoms in total. The number of nitrogens with zero attached hydrogens (tertiary/aromatic N) is 4. The van der Waals surface area contributed by atoms with E-state index in [-0.39, 0.29) is 40.8 Å². The summed E-state index contributed by atoms with van der Waals surface area (Å²) in [6, 6.07) is 30.4. The molecule has 6 aromatic rings. The molecule has 314 valence electrons. The lowest BCUT2D eigenvalue weighted by Gasteiger charge is -2.28. The number of carboxylic acid groups (broad SMARTS) is 2. The Labute approximate surface area is 365 Å². The normalized spacial score (nSPS) is 13.5. The predicted octanol–water partition coefficient (Wildman–Crippen LogP) is 8.24. The van der Waals surface area contributed by atoms with E-state index >= 15 is 0 Å². The van der Waals surface area contributed by atoms with Crippen LogP contribution in [0.1, 0.15) is 60.2 Å². The van der Waals surface area contributed by atoms with Crippen LogP contribution in [0.3, 0.4) is 0 Å². The highest BCUT2D eigenvalue weighted by molar-refractivity contribution is 6.39. The molecule has 4 aromatic carbocycles. The zero-order chi connectivity index (χ0) is 45.1. The average Bonchev–Trinajstić information content (AvgIpc) is 3.73. The molecule has 2 aromatic heterocycles. The largest absolute Gasteiger partial charge is 0.478 e. The van der Waals surface area contributed by atoms with E-state index in [2.05, 4.69) is 10.6 Å². The SMILES string of the molecule is Cc1cc(/C=C2\C(=O)NC(=O)N(c3ccccc3CCc3cc(/C=C(\C#N)C(=O)Nc4ccc(Cl)cc4)c(C)n3-c3ccccc3C(=O)O)C2=O)c(C)n1-c1ccccc1C(=O)O. The van der Waals surface area contributed by atoms with Gasteiger partial charge in [-0.2, -0.15) is 5.26 Å². The van der Waals surface area contributed by atoms with Crippen molar-refractivity contribution >= 4 is 70.8 Å². The lowest BCUT2D eigenvalue weighted by molar-refractivity contribution is -0.122. The summed E-state index contributed by atoms with van der Waals surface area (Å²) < 4.78 is 3.44. The predicted molar refractivity (Wildman–Crippen MR) is 236 cm³/mol. The standard InChI is InChI=1S/C48H37ClN6O8/c1-27-22-31(28(2)53(27)41-14-8-5-11-37(41)46(59)60)25-39-44(57)52-48(63)55(45(39)58)40-13-7-4-10-30(40)16-21-36-24-32(29(3)54(36)42-15-9-6-12-38(42)47(61)62)23-33(26-50)43(56)51-35-19-17-34(49)18-20-35/h4-15,17-20,22-25H,16,21H2,1-3H3,(H,51,56)(H,59,60)(H,61,62)(H,52,57,63)/b33-23+,39-25+. The molecule has 0 radical (unpaired) electrons. The smallest absolute Gasteiger partial charge is 0.337 e. The third-order valence-corrected chi connectivity index (χ3v) is 10.9. The van der Waals surface area contributed by atoms with Gasteiger partial charge in [0.25, 0.3) is 17.7 Å². The Morgan fingerprint density at radius 3 is 1.94 bits per heavy atom. The number of amides is 5. The van der Waals surface area contributed by atoms with E-state index in [1.807, 2.05) is 6.07 Å². The number of benzene rings is 4. The lowest BCUT2D eigenvalue weighted by atomic mass is 10.0. The third-order valence-electron chi connectivity index (χ3n) is 10.6. The molecule has 3 heterocycles. The molecule has 1 aliphatic heterocycles. The number of imide groups is 2. The van der Waals surface area contributed by atoms with Crippen LogP contribution in [0.25, 0.3) is 23.5 Å². The van der Waals surface area contributed by atoms with Crippen molar-refractivity contribution in [2.75, 3.05) is 10.2 Å². The van der Waals surface area contributed by atoms with Gasteiger partial charge in [0.05, 0.1) is 28.2 Å². The number of hydrogen-bond acceptors (Lipinski definition) is 7. The van der Waals surface area contributed by atoms with Crippen LogP contribution in [-0.2, 0) is 27.2 Å². The van der Waals surface area contributed by atoms with Gasteiger partial charge >= 0.3 is 18.0 Å². The molecule has 4 N–H and O–H groups in total. The quantitative estimate of drug-likeness (QED) is 0.0531. The van der Waals surface area contributed by atoms with Crippen LogP contribution in [0.2, 0.25) is 5.02 Å². The van der Waals surface area contributed by atoms with E-state index in [0.717, 1.165) is 4.90 Å². The number of carboxylic acids is 2. The summed E-state index contributed by atoms with van der Waals surface area (Å²) in [6.07, 6.45) is 3.21. The number of aryl methyl sites for hydroxylation is 3. The van der Waals surface area contributed by atoms with Crippen molar-refractivity contribution in [1.29, 1.82) is 5.26 Å². The van der Waals surface area contributed by atoms with E-state index in [4.69, 9.17) is 11.6 Å². The molecule has 0 atom stereocenters. The molecule has 5 amide bonds. The molecule has 0 spiro atoms. The highest BCUT2D eigenvalue weighted by Gasteiger charge is 2.38. The zero-order valence-electron chi connectivity index (χ0n) is 34.0. The van der Waals surface area contributed by atoms with Crippen LogP contribution in [-0.4, -0.2) is 55.0 Å². The average molecular weight is 861 g/mol. The van der Waals surface area contributed by atoms with Gasteiger partial charge in [0.15, 0.2) is 0 Å². The van der Waals surface area contributed by atoms with Crippen molar-refractivity contribution in [2.24, 2.45) is 0 Å². The number of urea groups is 1. The van der Waals surface area contributed by atoms with E-state index in [1.54, 1.807) is 127 Å². The molecule has 0 unspecified atom stereocenters. The molecule has 63 heavy (non-hydrogen) atoms. The topological polar surface area (TPSA) is 204 Å². The summed E-state index contributed by atoms with van der Waals surface area (Å²) in [7, 11) is 0. The van der Waals surface area contributed by atoms with Gasteiger partial charge in [-0.15, -0.1) is 0 Å². The molecule has 15 heteroatoms. The summed E-state index contributed by atoms with van der Waals surface area (Å²) in [5.74, 6) is -4.75. The number of barbiturate groups is 1. The van der Waals surface area contributed by atoms with Crippen molar-refractivity contribution in [3.8, 4) is 17.4 Å². The summed E-state index contributed by atoms with van der Waals surface area (Å²) in [5, 5.41) is 35.5. The molecular weight excluding hydrogens is 824 g/mol.